The first-order valence-corrected chi connectivity index (χ1v) is 8.02. The van der Waals surface area contributed by atoms with Gasteiger partial charge in [0, 0.05) is 12.2 Å². The zero-order valence-corrected chi connectivity index (χ0v) is 13.7. The van der Waals surface area contributed by atoms with E-state index < -0.39 is 0 Å². The van der Waals surface area contributed by atoms with E-state index in [0.717, 1.165) is 25.4 Å². The van der Waals surface area contributed by atoms with Gasteiger partial charge in [0.2, 0.25) is 5.91 Å². The van der Waals surface area contributed by atoms with Crippen LogP contribution in [0.4, 0.5) is 11.4 Å². The Balaban J connectivity index is 1.96. The quantitative estimate of drug-likeness (QED) is 0.751. The topological polar surface area (TPSA) is 58.4 Å². The van der Waals surface area contributed by atoms with Gasteiger partial charge in [-0.3, -0.25) is 9.69 Å². The van der Waals surface area contributed by atoms with Crippen LogP contribution in [-0.4, -0.2) is 30.4 Å². The molecule has 0 unspecified atom stereocenters. The third kappa shape index (κ3) is 5.06. The van der Waals surface area contributed by atoms with E-state index in [1.807, 2.05) is 0 Å². The van der Waals surface area contributed by atoms with Crippen LogP contribution in [0.2, 0.25) is 10.0 Å². The zero-order chi connectivity index (χ0) is 15.4. The van der Waals surface area contributed by atoms with Crippen LogP contribution in [0.25, 0.3) is 0 Å². The van der Waals surface area contributed by atoms with Crippen LogP contribution in [0.15, 0.2) is 12.1 Å². The molecule has 0 bridgehead atoms. The summed E-state index contributed by atoms with van der Waals surface area (Å²) in [4.78, 5) is 14.4. The van der Waals surface area contributed by atoms with Gasteiger partial charge in [-0.15, -0.1) is 0 Å². The van der Waals surface area contributed by atoms with Crippen molar-refractivity contribution in [3.63, 3.8) is 0 Å². The number of nitrogens with zero attached hydrogens (tertiary/aromatic N) is 1. The minimum atomic E-state index is -0.0994. The Morgan fingerprint density at radius 2 is 2.00 bits per heavy atom. The number of amides is 1. The van der Waals surface area contributed by atoms with E-state index in [-0.39, 0.29) is 5.91 Å². The second-order valence-corrected chi connectivity index (χ2v) is 6.40. The fraction of sp³-hybridized carbons (Fsp3) is 0.533. The predicted octanol–water partition coefficient (Wildman–Crippen LogP) is 3.64. The summed E-state index contributed by atoms with van der Waals surface area (Å²) in [6.45, 7) is 4.39. The summed E-state index contributed by atoms with van der Waals surface area (Å²) < 4.78 is 0. The fourth-order valence-corrected chi connectivity index (χ4v) is 2.91. The second-order valence-electron chi connectivity index (χ2n) is 5.59. The van der Waals surface area contributed by atoms with E-state index in [1.54, 1.807) is 12.1 Å². The Morgan fingerprint density at radius 1 is 1.38 bits per heavy atom. The molecule has 1 fully saturated rings. The molecule has 6 heteroatoms. The van der Waals surface area contributed by atoms with E-state index in [1.165, 1.54) is 12.8 Å². The van der Waals surface area contributed by atoms with Gasteiger partial charge in [0.25, 0.3) is 0 Å². The number of hydrogen-bond donors (Lipinski definition) is 2. The minimum absolute atomic E-state index is 0.0994. The molecule has 116 valence electrons. The van der Waals surface area contributed by atoms with Crippen LogP contribution in [-0.2, 0) is 4.79 Å². The van der Waals surface area contributed by atoms with Gasteiger partial charge in [0.1, 0.15) is 0 Å². The van der Waals surface area contributed by atoms with Crippen molar-refractivity contribution in [3.8, 4) is 0 Å². The summed E-state index contributed by atoms with van der Waals surface area (Å²) in [5, 5.41) is 3.51. The molecule has 0 radical (unpaired) electrons. The Morgan fingerprint density at radius 3 is 2.52 bits per heavy atom. The lowest BCUT2D eigenvalue weighted by Crippen LogP contribution is -2.35. The molecule has 3 N–H and O–H groups in total. The second kappa shape index (κ2) is 7.34. The Labute approximate surface area is 135 Å². The summed E-state index contributed by atoms with van der Waals surface area (Å²) >= 11 is 12.2. The van der Waals surface area contributed by atoms with Crippen molar-refractivity contribution in [3.05, 3.63) is 22.2 Å². The number of nitrogen functional groups attached to an aromatic ring is 1. The molecular formula is C15H21Cl2N3O. The molecule has 2 rings (SSSR count). The summed E-state index contributed by atoms with van der Waals surface area (Å²) in [5.41, 5.74) is 6.56. The first kappa shape index (κ1) is 16.4. The molecule has 21 heavy (non-hydrogen) atoms. The van der Waals surface area contributed by atoms with Gasteiger partial charge in [-0.05, 0) is 43.9 Å². The van der Waals surface area contributed by atoms with Crippen molar-refractivity contribution in [1.82, 2.24) is 4.90 Å². The minimum Gasteiger partial charge on any atom is -0.399 e. The number of benzene rings is 1. The molecule has 4 nitrogen and oxygen atoms in total. The third-order valence-electron chi connectivity index (χ3n) is 3.45. The van der Waals surface area contributed by atoms with Gasteiger partial charge in [0.15, 0.2) is 0 Å². The van der Waals surface area contributed by atoms with Crippen LogP contribution < -0.4 is 11.1 Å². The van der Waals surface area contributed by atoms with E-state index >= 15 is 0 Å². The summed E-state index contributed by atoms with van der Waals surface area (Å²) in [6, 6.07) is 3.16. The molecule has 1 amide bonds. The normalized spacial score (nSPS) is 14.5. The van der Waals surface area contributed by atoms with Crippen molar-refractivity contribution >= 4 is 40.5 Å². The number of rotatable bonds is 7. The fourth-order valence-electron chi connectivity index (χ4n) is 2.31. The molecule has 0 heterocycles. The maximum Gasteiger partial charge on any atom is 0.238 e. The molecule has 1 saturated carbocycles. The first-order chi connectivity index (χ1) is 9.99. The van der Waals surface area contributed by atoms with Crippen molar-refractivity contribution in [1.29, 1.82) is 0 Å². The number of halogens is 2. The van der Waals surface area contributed by atoms with Crippen molar-refractivity contribution in [2.75, 3.05) is 30.7 Å². The Kier molecular flexibility index (Phi) is 5.73. The van der Waals surface area contributed by atoms with Crippen LogP contribution in [0.1, 0.15) is 26.2 Å². The van der Waals surface area contributed by atoms with Gasteiger partial charge in [-0.2, -0.15) is 0 Å². The van der Waals surface area contributed by atoms with E-state index in [0.29, 0.717) is 28.0 Å². The number of nitrogens with one attached hydrogen (secondary N) is 1. The molecule has 1 aromatic carbocycles. The third-order valence-corrected chi connectivity index (χ3v) is 4.05. The lowest BCUT2D eigenvalue weighted by Gasteiger charge is -2.21. The lowest BCUT2D eigenvalue weighted by atomic mass is 10.2. The van der Waals surface area contributed by atoms with Crippen molar-refractivity contribution < 1.29 is 4.79 Å². The zero-order valence-electron chi connectivity index (χ0n) is 12.2. The number of anilines is 2. The predicted molar refractivity (Wildman–Crippen MR) is 89.0 cm³/mol. The van der Waals surface area contributed by atoms with E-state index in [4.69, 9.17) is 28.9 Å². The molecule has 0 aliphatic heterocycles. The van der Waals surface area contributed by atoms with Gasteiger partial charge in [-0.1, -0.05) is 30.1 Å². The van der Waals surface area contributed by atoms with Crippen molar-refractivity contribution in [2.24, 2.45) is 5.92 Å². The van der Waals surface area contributed by atoms with E-state index in [2.05, 4.69) is 17.1 Å². The molecule has 1 aliphatic carbocycles. The number of hydrogen-bond acceptors (Lipinski definition) is 3. The summed E-state index contributed by atoms with van der Waals surface area (Å²) in [5.74, 6) is 0.658. The van der Waals surface area contributed by atoms with Gasteiger partial charge >= 0.3 is 0 Å². The highest BCUT2D eigenvalue weighted by atomic mass is 35.5. The Bertz CT molecular complexity index is 495. The van der Waals surface area contributed by atoms with Crippen molar-refractivity contribution in [2.45, 2.75) is 26.2 Å². The number of carbonyl (C=O) groups excluding carboxylic acids is 1. The van der Waals surface area contributed by atoms with Crippen LogP contribution in [0.3, 0.4) is 0 Å². The van der Waals surface area contributed by atoms with Crippen LogP contribution >= 0.6 is 23.2 Å². The Hall–Kier alpha value is -0.970. The summed E-state index contributed by atoms with van der Waals surface area (Å²) in [7, 11) is 0. The average molecular weight is 330 g/mol. The SMILES string of the molecule is CCCN(CC(=O)Nc1c(Cl)cc(N)cc1Cl)CC1CC1. The first-order valence-electron chi connectivity index (χ1n) is 7.26. The molecule has 1 aliphatic rings. The lowest BCUT2D eigenvalue weighted by molar-refractivity contribution is -0.117. The van der Waals surface area contributed by atoms with Crippen LogP contribution in [0, 0.1) is 5.92 Å². The number of carbonyl (C=O) groups is 1. The summed E-state index contributed by atoms with van der Waals surface area (Å²) in [6.07, 6.45) is 3.58. The monoisotopic (exact) mass is 329 g/mol. The molecule has 0 aromatic heterocycles. The standard InChI is InChI=1S/C15H21Cl2N3O/c1-2-5-20(8-10-3-4-10)9-14(21)19-15-12(16)6-11(18)7-13(15)17/h6-7,10H,2-5,8-9,18H2,1H3,(H,19,21). The molecule has 0 spiro atoms. The van der Waals surface area contributed by atoms with Crippen LogP contribution in [0.5, 0.6) is 0 Å². The highest BCUT2D eigenvalue weighted by Gasteiger charge is 2.25. The van der Waals surface area contributed by atoms with Gasteiger partial charge < -0.3 is 11.1 Å². The average Bonchev–Trinajstić information content (AvgIpc) is 3.18. The maximum atomic E-state index is 12.2. The van der Waals surface area contributed by atoms with Gasteiger partial charge in [-0.25, -0.2) is 0 Å². The largest absolute Gasteiger partial charge is 0.399 e. The molecule has 1 aromatic rings. The van der Waals surface area contributed by atoms with E-state index in [9.17, 15) is 4.79 Å². The molecule has 0 saturated heterocycles. The molecular weight excluding hydrogens is 309 g/mol. The highest BCUT2D eigenvalue weighted by molar-refractivity contribution is 6.40. The maximum absolute atomic E-state index is 12.2. The molecule has 0 atom stereocenters. The highest BCUT2D eigenvalue weighted by Crippen LogP contribution is 2.33. The smallest absolute Gasteiger partial charge is 0.238 e. The van der Waals surface area contributed by atoms with Gasteiger partial charge in [0.05, 0.1) is 22.3 Å². The number of nitrogens with two attached hydrogens (primary N) is 1.